The lowest BCUT2D eigenvalue weighted by atomic mass is 10.2. The normalized spacial score (nSPS) is 18.3. The molecule has 0 spiro atoms. The second-order valence-electron chi connectivity index (χ2n) is 4.99. The van der Waals surface area contributed by atoms with Gasteiger partial charge in [0.05, 0.1) is 5.56 Å². The lowest BCUT2D eigenvalue weighted by Crippen LogP contribution is -2.49. The first-order valence-electron chi connectivity index (χ1n) is 6.80. The molecule has 0 amide bonds. The molecule has 1 aromatic rings. The minimum Gasteiger partial charge on any atom is -0.478 e. The van der Waals surface area contributed by atoms with Crippen LogP contribution in [0.25, 0.3) is 0 Å². The number of pyridine rings is 1. The van der Waals surface area contributed by atoms with Crippen molar-refractivity contribution in [2.24, 2.45) is 0 Å². The second-order valence-corrected chi connectivity index (χ2v) is 4.99. The molecule has 0 aliphatic carbocycles. The minimum absolute atomic E-state index is 0.300. The zero-order valence-corrected chi connectivity index (χ0v) is 11.5. The Morgan fingerprint density at radius 1 is 1.42 bits per heavy atom. The molecular weight excluding hydrogens is 242 g/mol. The third kappa shape index (κ3) is 3.23. The van der Waals surface area contributed by atoms with Crippen molar-refractivity contribution in [2.75, 3.05) is 31.1 Å². The summed E-state index contributed by atoms with van der Waals surface area (Å²) >= 11 is 0. The first-order chi connectivity index (χ1) is 9.11. The van der Waals surface area contributed by atoms with Gasteiger partial charge in [0.15, 0.2) is 0 Å². The van der Waals surface area contributed by atoms with Crippen LogP contribution in [0, 0.1) is 0 Å². The van der Waals surface area contributed by atoms with Crippen LogP contribution >= 0.6 is 0 Å². The first-order valence-corrected chi connectivity index (χ1v) is 6.80. The standard InChI is InChI=1S/C14H21N3O2/c1-3-11(2)16-6-8-17(9-7-16)13-10-12(14(18)19)4-5-15-13/h4-5,10-11H,3,6-9H2,1-2H3,(H,18,19). The topological polar surface area (TPSA) is 56.7 Å². The maximum atomic E-state index is 11.0. The molecule has 0 radical (unpaired) electrons. The van der Waals surface area contributed by atoms with Crippen LogP contribution in [0.5, 0.6) is 0 Å². The highest BCUT2D eigenvalue weighted by molar-refractivity contribution is 5.88. The van der Waals surface area contributed by atoms with E-state index in [0.29, 0.717) is 11.6 Å². The Morgan fingerprint density at radius 3 is 2.68 bits per heavy atom. The van der Waals surface area contributed by atoms with E-state index < -0.39 is 5.97 Å². The highest BCUT2D eigenvalue weighted by Crippen LogP contribution is 2.16. The molecule has 1 N–H and O–H groups in total. The fraction of sp³-hybridized carbons (Fsp3) is 0.571. The predicted octanol–water partition coefficient (Wildman–Crippen LogP) is 1.70. The van der Waals surface area contributed by atoms with Gasteiger partial charge in [0.2, 0.25) is 0 Å². The number of carboxylic acid groups (broad SMARTS) is 1. The van der Waals surface area contributed by atoms with E-state index in [9.17, 15) is 4.79 Å². The van der Waals surface area contributed by atoms with Gasteiger partial charge in [0, 0.05) is 38.4 Å². The third-order valence-electron chi connectivity index (χ3n) is 3.84. The van der Waals surface area contributed by atoms with E-state index in [1.807, 2.05) is 0 Å². The maximum absolute atomic E-state index is 11.0. The Labute approximate surface area is 113 Å². The summed E-state index contributed by atoms with van der Waals surface area (Å²) in [5, 5.41) is 9.00. The molecule has 0 saturated carbocycles. The van der Waals surface area contributed by atoms with Crippen LogP contribution in [0.2, 0.25) is 0 Å². The fourth-order valence-corrected chi connectivity index (χ4v) is 2.37. The van der Waals surface area contributed by atoms with Gasteiger partial charge in [0.25, 0.3) is 0 Å². The number of piperazine rings is 1. The fourth-order valence-electron chi connectivity index (χ4n) is 2.37. The van der Waals surface area contributed by atoms with Crippen molar-refractivity contribution in [1.29, 1.82) is 0 Å². The molecule has 2 rings (SSSR count). The van der Waals surface area contributed by atoms with Gasteiger partial charge in [-0.2, -0.15) is 0 Å². The Kier molecular flexibility index (Phi) is 4.37. The number of rotatable bonds is 4. The van der Waals surface area contributed by atoms with Crippen molar-refractivity contribution in [3.63, 3.8) is 0 Å². The van der Waals surface area contributed by atoms with Crippen LogP contribution in [0.3, 0.4) is 0 Å². The largest absolute Gasteiger partial charge is 0.478 e. The lowest BCUT2D eigenvalue weighted by molar-refractivity contribution is 0.0697. The summed E-state index contributed by atoms with van der Waals surface area (Å²) in [6.45, 7) is 8.27. The van der Waals surface area contributed by atoms with Crippen LogP contribution in [-0.4, -0.2) is 53.2 Å². The Balaban J connectivity index is 2.01. The van der Waals surface area contributed by atoms with Crippen molar-refractivity contribution in [3.05, 3.63) is 23.9 Å². The zero-order chi connectivity index (χ0) is 13.8. The van der Waals surface area contributed by atoms with E-state index in [4.69, 9.17) is 5.11 Å². The number of anilines is 1. The molecule has 19 heavy (non-hydrogen) atoms. The smallest absolute Gasteiger partial charge is 0.335 e. The summed E-state index contributed by atoms with van der Waals surface area (Å²) in [5.41, 5.74) is 0.300. The summed E-state index contributed by atoms with van der Waals surface area (Å²) in [4.78, 5) is 19.9. The van der Waals surface area contributed by atoms with Crippen molar-refractivity contribution in [3.8, 4) is 0 Å². The Hall–Kier alpha value is -1.62. The molecule has 5 nitrogen and oxygen atoms in total. The third-order valence-corrected chi connectivity index (χ3v) is 3.84. The van der Waals surface area contributed by atoms with Gasteiger partial charge in [-0.1, -0.05) is 6.92 Å². The first kappa shape index (κ1) is 13.8. The van der Waals surface area contributed by atoms with Gasteiger partial charge in [-0.15, -0.1) is 0 Å². The number of carboxylic acids is 1. The summed E-state index contributed by atoms with van der Waals surface area (Å²) in [7, 11) is 0. The van der Waals surface area contributed by atoms with E-state index >= 15 is 0 Å². The monoisotopic (exact) mass is 263 g/mol. The van der Waals surface area contributed by atoms with Crippen LogP contribution in [-0.2, 0) is 0 Å². The average molecular weight is 263 g/mol. The Bertz CT molecular complexity index is 442. The second kappa shape index (κ2) is 6.02. The number of nitrogens with zero attached hydrogens (tertiary/aromatic N) is 3. The van der Waals surface area contributed by atoms with Gasteiger partial charge >= 0.3 is 5.97 Å². The quantitative estimate of drug-likeness (QED) is 0.896. The lowest BCUT2D eigenvalue weighted by Gasteiger charge is -2.38. The van der Waals surface area contributed by atoms with Crippen LogP contribution in [0.1, 0.15) is 30.6 Å². The molecule has 1 unspecified atom stereocenters. The number of aromatic carboxylic acids is 1. The molecule has 2 heterocycles. The van der Waals surface area contributed by atoms with Crippen LogP contribution in [0.15, 0.2) is 18.3 Å². The van der Waals surface area contributed by atoms with Crippen LogP contribution in [0.4, 0.5) is 5.82 Å². The van der Waals surface area contributed by atoms with Crippen molar-refractivity contribution >= 4 is 11.8 Å². The van der Waals surface area contributed by atoms with Gasteiger partial charge in [-0.05, 0) is 25.5 Å². The van der Waals surface area contributed by atoms with Gasteiger partial charge in [0.1, 0.15) is 5.82 Å². The molecule has 1 fully saturated rings. The number of carbonyl (C=O) groups is 1. The SMILES string of the molecule is CCC(C)N1CCN(c2cc(C(=O)O)ccn2)CC1. The van der Waals surface area contributed by atoms with E-state index in [1.54, 1.807) is 12.3 Å². The van der Waals surface area contributed by atoms with E-state index in [-0.39, 0.29) is 0 Å². The summed E-state index contributed by atoms with van der Waals surface area (Å²) < 4.78 is 0. The van der Waals surface area contributed by atoms with Crippen molar-refractivity contribution < 1.29 is 9.90 Å². The van der Waals surface area contributed by atoms with Gasteiger partial charge in [-0.3, -0.25) is 4.90 Å². The number of hydrogen-bond acceptors (Lipinski definition) is 4. The summed E-state index contributed by atoms with van der Waals surface area (Å²) in [5.74, 6) is -0.134. The molecule has 104 valence electrons. The number of hydrogen-bond donors (Lipinski definition) is 1. The molecular formula is C14H21N3O2. The summed E-state index contributed by atoms with van der Waals surface area (Å²) in [6.07, 6.45) is 2.73. The highest BCUT2D eigenvalue weighted by atomic mass is 16.4. The highest BCUT2D eigenvalue weighted by Gasteiger charge is 2.21. The molecule has 1 saturated heterocycles. The van der Waals surface area contributed by atoms with Crippen LogP contribution < -0.4 is 4.90 Å². The average Bonchev–Trinajstić information content (AvgIpc) is 2.46. The number of aromatic nitrogens is 1. The molecule has 0 aromatic carbocycles. The van der Waals surface area contributed by atoms with E-state index in [0.717, 1.165) is 38.4 Å². The minimum atomic E-state index is -0.901. The maximum Gasteiger partial charge on any atom is 0.335 e. The summed E-state index contributed by atoms with van der Waals surface area (Å²) in [6, 6.07) is 3.79. The molecule has 1 aliphatic heterocycles. The van der Waals surface area contributed by atoms with Crippen molar-refractivity contribution in [1.82, 2.24) is 9.88 Å². The van der Waals surface area contributed by atoms with E-state index in [1.165, 1.54) is 6.07 Å². The molecule has 1 atom stereocenters. The molecule has 1 aromatic heterocycles. The zero-order valence-electron chi connectivity index (χ0n) is 11.5. The molecule has 0 bridgehead atoms. The van der Waals surface area contributed by atoms with Crippen molar-refractivity contribution in [2.45, 2.75) is 26.3 Å². The molecule has 5 heteroatoms. The Morgan fingerprint density at radius 2 is 2.11 bits per heavy atom. The molecule has 1 aliphatic rings. The predicted molar refractivity (Wildman–Crippen MR) is 74.7 cm³/mol. The van der Waals surface area contributed by atoms with E-state index in [2.05, 4.69) is 28.6 Å². The van der Waals surface area contributed by atoms with Gasteiger partial charge in [-0.25, -0.2) is 9.78 Å². The van der Waals surface area contributed by atoms with Gasteiger partial charge < -0.3 is 10.0 Å².